The molecule has 2 amide bonds. The van der Waals surface area contributed by atoms with Crippen LogP contribution >= 0.6 is 11.8 Å². The Hall–Kier alpha value is -1.28. The maximum atomic E-state index is 12.0. The Bertz CT molecular complexity index is 389. The Morgan fingerprint density at radius 3 is 2.65 bits per heavy atom. The highest BCUT2D eigenvalue weighted by Crippen LogP contribution is 2.16. The Morgan fingerprint density at radius 2 is 2.10 bits per heavy atom. The van der Waals surface area contributed by atoms with E-state index in [0.717, 1.165) is 0 Å². The first-order valence-electron chi connectivity index (χ1n) is 6.48. The van der Waals surface area contributed by atoms with E-state index in [1.807, 2.05) is 13.8 Å². The summed E-state index contributed by atoms with van der Waals surface area (Å²) >= 11 is 1.50. The number of nitrogens with zero attached hydrogens (tertiary/aromatic N) is 1. The summed E-state index contributed by atoms with van der Waals surface area (Å²) in [7, 11) is 0. The van der Waals surface area contributed by atoms with Gasteiger partial charge in [-0.15, -0.1) is 0 Å². The molecular formula is C12H21N3O4S. The van der Waals surface area contributed by atoms with E-state index in [9.17, 15) is 14.4 Å². The number of nitrogens with one attached hydrogen (secondary N) is 1. The topological polar surface area (TPSA) is 113 Å². The van der Waals surface area contributed by atoms with Gasteiger partial charge in [-0.25, -0.2) is 4.79 Å². The van der Waals surface area contributed by atoms with Crippen LogP contribution in [0.4, 0.5) is 0 Å². The van der Waals surface area contributed by atoms with Gasteiger partial charge in [0.05, 0.1) is 12.6 Å². The van der Waals surface area contributed by atoms with Crippen molar-refractivity contribution < 1.29 is 19.5 Å². The van der Waals surface area contributed by atoms with Crippen molar-refractivity contribution in [3.63, 3.8) is 0 Å². The molecule has 1 aliphatic heterocycles. The van der Waals surface area contributed by atoms with E-state index in [0.29, 0.717) is 18.1 Å². The molecule has 8 heteroatoms. The molecule has 4 N–H and O–H groups in total. The first-order valence-corrected chi connectivity index (χ1v) is 7.63. The van der Waals surface area contributed by atoms with Gasteiger partial charge in [0.1, 0.15) is 6.04 Å². The molecule has 114 valence electrons. The van der Waals surface area contributed by atoms with E-state index in [-0.39, 0.29) is 18.4 Å². The Kier molecular flexibility index (Phi) is 6.28. The molecule has 1 aliphatic rings. The maximum absolute atomic E-state index is 12.0. The first kappa shape index (κ1) is 16.8. The lowest BCUT2D eigenvalue weighted by molar-refractivity contribution is -0.149. The zero-order valence-corrected chi connectivity index (χ0v) is 12.5. The number of hydrogen-bond acceptors (Lipinski definition) is 5. The molecule has 2 atom stereocenters. The Balaban J connectivity index is 2.53. The van der Waals surface area contributed by atoms with Gasteiger partial charge in [0.15, 0.2) is 0 Å². The third-order valence-electron chi connectivity index (χ3n) is 3.17. The van der Waals surface area contributed by atoms with E-state index >= 15 is 0 Å². The average Bonchev–Trinajstić information content (AvgIpc) is 2.43. The summed E-state index contributed by atoms with van der Waals surface area (Å²) in [5.41, 5.74) is 5.67. The van der Waals surface area contributed by atoms with Gasteiger partial charge in [-0.05, 0) is 5.92 Å². The molecule has 7 nitrogen and oxygen atoms in total. The van der Waals surface area contributed by atoms with Gasteiger partial charge >= 0.3 is 5.97 Å². The van der Waals surface area contributed by atoms with Crippen LogP contribution in [0.2, 0.25) is 0 Å². The van der Waals surface area contributed by atoms with Crippen molar-refractivity contribution in [2.45, 2.75) is 25.9 Å². The second-order valence-electron chi connectivity index (χ2n) is 5.00. The molecule has 1 saturated heterocycles. The van der Waals surface area contributed by atoms with Crippen LogP contribution in [-0.2, 0) is 14.4 Å². The van der Waals surface area contributed by atoms with Crippen LogP contribution in [0.15, 0.2) is 0 Å². The quantitative estimate of drug-likeness (QED) is 0.607. The number of rotatable bonds is 5. The third kappa shape index (κ3) is 4.38. The van der Waals surface area contributed by atoms with Crippen molar-refractivity contribution in [1.29, 1.82) is 0 Å². The number of hydrogen-bond donors (Lipinski definition) is 3. The second kappa shape index (κ2) is 7.49. The van der Waals surface area contributed by atoms with Crippen LogP contribution in [-0.4, -0.2) is 64.5 Å². The number of aliphatic carboxylic acids is 1. The molecule has 1 fully saturated rings. The van der Waals surface area contributed by atoms with Gasteiger partial charge in [-0.3, -0.25) is 9.59 Å². The minimum atomic E-state index is -1.02. The van der Waals surface area contributed by atoms with E-state index in [2.05, 4.69) is 5.32 Å². The average molecular weight is 303 g/mol. The summed E-state index contributed by atoms with van der Waals surface area (Å²) in [4.78, 5) is 36.1. The van der Waals surface area contributed by atoms with E-state index in [1.165, 1.54) is 16.7 Å². The third-order valence-corrected chi connectivity index (χ3v) is 4.19. The number of thioether (sulfide) groups is 1. The monoisotopic (exact) mass is 303 g/mol. The van der Waals surface area contributed by atoms with Gasteiger partial charge in [0, 0.05) is 18.1 Å². The van der Waals surface area contributed by atoms with Gasteiger partial charge < -0.3 is 21.1 Å². The molecule has 1 rings (SSSR count). The summed E-state index contributed by atoms with van der Waals surface area (Å²) in [5.74, 6) is -0.747. The highest BCUT2D eigenvalue weighted by atomic mass is 32.2. The molecule has 0 aromatic carbocycles. The minimum absolute atomic E-state index is 0.0248. The zero-order valence-electron chi connectivity index (χ0n) is 11.7. The molecule has 20 heavy (non-hydrogen) atoms. The predicted molar refractivity (Wildman–Crippen MR) is 76.3 cm³/mol. The second-order valence-corrected chi connectivity index (χ2v) is 6.15. The number of carbonyl (C=O) groups excluding carboxylic acids is 2. The van der Waals surface area contributed by atoms with E-state index in [4.69, 9.17) is 10.8 Å². The fourth-order valence-electron chi connectivity index (χ4n) is 1.79. The SMILES string of the molecule is CC(C)[C@H](N)C(=O)NCC(=O)N1CCSCC1C(=O)O. The molecule has 1 unspecified atom stereocenters. The van der Waals surface area contributed by atoms with Crippen molar-refractivity contribution in [2.75, 3.05) is 24.6 Å². The molecule has 0 aromatic rings. The van der Waals surface area contributed by atoms with Crippen LogP contribution in [0.25, 0.3) is 0 Å². The molecule has 0 aromatic heterocycles. The standard InChI is InChI=1S/C12H21N3O4S/c1-7(2)10(13)11(17)14-5-9(16)15-3-4-20-6-8(15)12(18)19/h7-8,10H,3-6,13H2,1-2H3,(H,14,17)(H,18,19)/t8?,10-/m0/s1. The number of carboxylic acid groups (broad SMARTS) is 1. The van der Waals surface area contributed by atoms with Crippen LogP contribution in [0.5, 0.6) is 0 Å². The Labute approximate surface area is 122 Å². The van der Waals surface area contributed by atoms with Crippen LogP contribution in [0.3, 0.4) is 0 Å². The van der Waals surface area contributed by atoms with Crippen LogP contribution < -0.4 is 11.1 Å². The van der Waals surface area contributed by atoms with Crippen molar-refractivity contribution in [3.05, 3.63) is 0 Å². The van der Waals surface area contributed by atoms with Gasteiger partial charge in [0.2, 0.25) is 11.8 Å². The van der Waals surface area contributed by atoms with Crippen molar-refractivity contribution in [2.24, 2.45) is 11.7 Å². The van der Waals surface area contributed by atoms with Gasteiger partial charge in [-0.2, -0.15) is 11.8 Å². The summed E-state index contributed by atoms with van der Waals surface area (Å²) in [5, 5.41) is 11.5. The maximum Gasteiger partial charge on any atom is 0.327 e. The van der Waals surface area contributed by atoms with Gasteiger partial charge in [-0.1, -0.05) is 13.8 Å². The summed E-state index contributed by atoms with van der Waals surface area (Å²) in [6.45, 7) is 3.79. The summed E-state index contributed by atoms with van der Waals surface area (Å²) < 4.78 is 0. The Morgan fingerprint density at radius 1 is 1.45 bits per heavy atom. The van der Waals surface area contributed by atoms with Crippen molar-refractivity contribution in [3.8, 4) is 0 Å². The number of carboxylic acids is 1. The summed E-state index contributed by atoms with van der Waals surface area (Å²) in [6, 6.07) is -1.49. The normalized spacial score (nSPS) is 20.6. The summed E-state index contributed by atoms with van der Waals surface area (Å²) in [6.07, 6.45) is 0. The molecule has 0 aliphatic carbocycles. The molecule has 1 heterocycles. The number of nitrogens with two attached hydrogens (primary N) is 1. The highest BCUT2D eigenvalue weighted by Gasteiger charge is 2.32. The van der Waals surface area contributed by atoms with Crippen LogP contribution in [0.1, 0.15) is 13.8 Å². The smallest absolute Gasteiger partial charge is 0.327 e. The van der Waals surface area contributed by atoms with E-state index < -0.39 is 24.0 Å². The van der Waals surface area contributed by atoms with Crippen molar-refractivity contribution >= 4 is 29.5 Å². The van der Waals surface area contributed by atoms with E-state index in [1.54, 1.807) is 0 Å². The molecular weight excluding hydrogens is 282 g/mol. The lowest BCUT2D eigenvalue weighted by atomic mass is 10.1. The fraction of sp³-hybridized carbons (Fsp3) is 0.750. The predicted octanol–water partition coefficient (Wildman–Crippen LogP) is -0.885. The fourth-order valence-corrected chi connectivity index (χ4v) is 2.83. The highest BCUT2D eigenvalue weighted by molar-refractivity contribution is 7.99. The van der Waals surface area contributed by atoms with Gasteiger partial charge in [0.25, 0.3) is 0 Å². The minimum Gasteiger partial charge on any atom is -0.480 e. The van der Waals surface area contributed by atoms with Crippen LogP contribution in [0, 0.1) is 5.92 Å². The molecule has 0 saturated carbocycles. The first-order chi connectivity index (χ1) is 9.34. The molecule has 0 radical (unpaired) electrons. The molecule has 0 bridgehead atoms. The number of carbonyl (C=O) groups is 3. The lowest BCUT2D eigenvalue weighted by Crippen LogP contribution is -2.54. The largest absolute Gasteiger partial charge is 0.480 e. The van der Waals surface area contributed by atoms with Crippen molar-refractivity contribution in [1.82, 2.24) is 10.2 Å². The zero-order chi connectivity index (χ0) is 15.3. The number of amides is 2. The molecule has 0 spiro atoms. The lowest BCUT2D eigenvalue weighted by Gasteiger charge is -2.32.